The van der Waals surface area contributed by atoms with E-state index < -0.39 is 0 Å². The van der Waals surface area contributed by atoms with Crippen molar-refractivity contribution in [2.24, 2.45) is 5.92 Å². The zero-order valence-electron chi connectivity index (χ0n) is 13.4. The van der Waals surface area contributed by atoms with Gasteiger partial charge in [0.2, 0.25) is 0 Å². The van der Waals surface area contributed by atoms with Crippen molar-refractivity contribution >= 4 is 17.5 Å². The molecule has 1 saturated heterocycles. The number of amides is 1. The van der Waals surface area contributed by atoms with Crippen LogP contribution in [0.3, 0.4) is 0 Å². The Morgan fingerprint density at radius 3 is 2.87 bits per heavy atom. The number of carbonyl (C=O) groups is 1. The van der Waals surface area contributed by atoms with Crippen LogP contribution in [-0.4, -0.2) is 31.6 Å². The molecule has 1 amide bonds. The van der Waals surface area contributed by atoms with Crippen molar-refractivity contribution in [3.8, 4) is 5.75 Å². The van der Waals surface area contributed by atoms with Gasteiger partial charge in [-0.25, -0.2) is 0 Å². The highest BCUT2D eigenvalue weighted by Crippen LogP contribution is 2.28. The second-order valence-electron chi connectivity index (χ2n) is 6.57. The van der Waals surface area contributed by atoms with Crippen molar-refractivity contribution in [2.75, 3.05) is 19.6 Å². The van der Waals surface area contributed by atoms with Gasteiger partial charge < -0.3 is 15.4 Å². The SMILES string of the molecule is O=C(NCCC1CCNC1)c1cc(Cl)ccc1OC1CCCC1. The molecular formula is C18H25ClN2O2. The Labute approximate surface area is 142 Å². The molecule has 0 bridgehead atoms. The Morgan fingerprint density at radius 1 is 1.30 bits per heavy atom. The lowest BCUT2D eigenvalue weighted by molar-refractivity contribution is 0.0944. The molecule has 1 aromatic rings. The van der Waals surface area contributed by atoms with Crippen LogP contribution in [0.25, 0.3) is 0 Å². The molecule has 23 heavy (non-hydrogen) atoms. The number of benzene rings is 1. The van der Waals surface area contributed by atoms with Crippen molar-refractivity contribution in [1.29, 1.82) is 0 Å². The summed E-state index contributed by atoms with van der Waals surface area (Å²) in [5.74, 6) is 1.23. The summed E-state index contributed by atoms with van der Waals surface area (Å²) in [6.45, 7) is 2.84. The molecule has 1 aliphatic carbocycles. The standard InChI is InChI=1S/C18H25ClN2O2/c19-14-5-6-17(23-15-3-1-2-4-15)16(11-14)18(22)21-10-8-13-7-9-20-12-13/h5-6,11,13,15,20H,1-4,7-10,12H2,(H,21,22). The molecular weight excluding hydrogens is 312 g/mol. The van der Waals surface area contributed by atoms with Crippen LogP contribution < -0.4 is 15.4 Å². The van der Waals surface area contributed by atoms with Crippen molar-refractivity contribution in [1.82, 2.24) is 10.6 Å². The monoisotopic (exact) mass is 336 g/mol. The highest BCUT2D eigenvalue weighted by atomic mass is 35.5. The first kappa shape index (κ1) is 16.6. The van der Waals surface area contributed by atoms with E-state index in [2.05, 4.69) is 10.6 Å². The Bertz CT molecular complexity index is 538. The van der Waals surface area contributed by atoms with Gasteiger partial charge in [-0.3, -0.25) is 4.79 Å². The van der Waals surface area contributed by atoms with Crippen LogP contribution in [0.5, 0.6) is 5.75 Å². The minimum atomic E-state index is -0.0912. The smallest absolute Gasteiger partial charge is 0.255 e. The molecule has 1 heterocycles. The van der Waals surface area contributed by atoms with Gasteiger partial charge in [-0.2, -0.15) is 0 Å². The molecule has 2 aliphatic rings. The molecule has 1 aliphatic heterocycles. The predicted octanol–water partition coefficient (Wildman–Crippen LogP) is 3.39. The second-order valence-corrected chi connectivity index (χ2v) is 7.00. The third-order valence-corrected chi connectivity index (χ3v) is 5.02. The fourth-order valence-electron chi connectivity index (χ4n) is 3.41. The topological polar surface area (TPSA) is 50.4 Å². The van der Waals surface area contributed by atoms with E-state index in [1.54, 1.807) is 12.1 Å². The third kappa shape index (κ3) is 4.61. The highest BCUT2D eigenvalue weighted by Gasteiger charge is 2.21. The molecule has 126 valence electrons. The first-order valence-corrected chi connectivity index (χ1v) is 9.05. The maximum absolute atomic E-state index is 12.5. The first-order chi connectivity index (χ1) is 11.2. The summed E-state index contributed by atoms with van der Waals surface area (Å²) in [7, 11) is 0. The Balaban J connectivity index is 1.59. The van der Waals surface area contributed by atoms with E-state index >= 15 is 0 Å². The van der Waals surface area contributed by atoms with Crippen LogP contribution in [-0.2, 0) is 0 Å². The van der Waals surface area contributed by atoms with Gasteiger partial charge in [0.1, 0.15) is 5.75 Å². The van der Waals surface area contributed by atoms with Crippen LogP contribution in [0.2, 0.25) is 5.02 Å². The van der Waals surface area contributed by atoms with Gasteiger partial charge >= 0.3 is 0 Å². The summed E-state index contributed by atoms with van der Waals surface area (Å²) in [4.78, 5) is 12.5. The van der Waals surface area contributed by atoms with Gasteiger partial charge in [0, 0.05) is 11.6 Å². The zero-order valence-corrected chi connectivity index (χ0v) is 14.2. The van der Waals surface area contributed by atoms with E-state index in [0.29, 0.717) is 28.8 Å². The van der Waals surface area contributed by atoms with Crippen molar-refractivity contribution in [2.45, 2.75) is 44.6 Å². The molecule has 1 atom stereocenters. The van der Waals surface area contributed by atoms with E-state index in [-0.39, 0.29) is 12.0 Å². The van der Waals surface area contributed by atoms with Crippen LogP contribution in [0.15, 0.2) is 18.2 Å². The molecule has 2 N–H and O–H groups in total. The lowest BCUT2D eigenvalue weighted by Gasteiger charge is -2.17. The lowest BCUT2D eigenvalue weighted by atomic mass is 10.1. The van der Waals surface area contributed by atoms with E-state index in [0.717, 1.165) is 32.4 Å². The van der Waals surface area contributed by atoms with E-state index in [1.165, 1.54) is 19.3 Å². The van der Waals surface area contributed by atoms with Gasteiger partial charge in [0.15, 0.2) is 0 Å². The number of nitrogens with one attached hydrogen (secondary N) is 2. The first-order valence-electron chi connectivity index (χ1n) is 8.67. The number of hydrogen-bond acceptors (Lipinski definition) is 3. The lowest BCUT2D eigenvalue weighted by Crippen LogP contribution is -2.27. The molecule has 1 saturated carbocycles. The molecule has 0 spiro atoms. The fourth-order valence-corrected chi connectivity index (χ4v) is 3.59. The molecule has 1 aromatic carbocycles. The van der Waals surface area contributed by atoms with Crippen molar-refractivity contribution < 1.29 is 9.53 Å². The Kier molecular flexibility index (Phi) is 5.79. The van der Waals surface area contributed by atoms with Crippen LogP contribution in [0, 0.1) is 5.92 Å². The molecule has 5 heteroatoms. The van der Waals surface area contributed by atoms with Gasteiger partial charge in [-0.1, -0.05) is 11.6 Å². The molecule has 0 radical (unpaired) electrons. The second kappa shape index (κ2) is 8.02. The van der Waals surface area contributed by atoms with Crippen molar-refractivity contribution in [3.63, 3.8) is 0 Å². The normalized spacial score (nSPS) is 21.5. The molecule has 4 nitrogen and oxygen atoms in total. The van der Waals surface area contributed by atoms with Gasteiger partial charge in [-0.15, -0.1) is 0 Å². The number of halogens is 1. The average Bonchev–Trinajstić information content (AvgIpc) is 3.22. The Hall–Kier alpha value is -1.26. The maximum Gasteiger partial charge on any atom is 0.255 e. The Morgan fingerprint density at radius 2 is 2.13 bits per heavy atom. The molecule has 1 unspecified atom stereocenters. The molecule has 2 fully saturated rings. The van der Waals surface area contributed by atoms with Crippen molar-refractivity contribution in [3.05, 3.63) is 28.8 Å². The minimum Gasteiger partial charge on any atom is -0.490 e. The molecule has 0 aromatic heterocycles. The van der Waals surface area contributed by atoms with E-state index in [9.17, 15) is 4.79 Å². The highest BCUT2D eigenvalue weighted by molar-refractivity contribution is 6.31. The average molecular weight is 337 g/mol. The van der Waals surface area contributed by atoms with Gasteiger partial charge in [-0.05, 0) is 75.7 Å². The summed E-state index contributed by atoms with van der Waals surface area (Å²) in [6, 6.07) is 5.31. The van der Waals surface area contributed by atoms with Crippen LogP contribution >= 0.6 is 11.6 Å². The summed E-state index contributed by atoms with van der Waals surface area (Å²) in [6.07, 6.45) is 6.98. The fraction of sp³-hybridized carbons (Fsp3) is 0.611. The summed E-state index contributed by atoms with van der Waals surface area (Å²) in [5, 5.41) is 6.93. The van der Waals surface area contributed by atoms with E-state index in [4.69, 9.17) is 16.3 Å². The van der Waals surface area contributed by atoms with Crippen LogP contribution in [0.4, 0.5) is 0 Å². The summed E-state index contributed by atoms with van der Waals surface area (Å²) >= 11 is 6.07. The third-order valence-electron chi connectivity index (χ3n) is 4.78. The number of ether oxygens (including phenoxy) is 1. The van der Waals surface area contributed by atoms with Gasteiger partial charge in [0.05, 0.1) is 11.7 Å². The number of hydrogen-bond donors (Lipinski definition) is 2. The van der Waals surface area contributed by atoms with Crippen LogP contribution in [0.1, 0.15) is 48.9 Å². The zero-order chi connectivity index (χ0) is 16.1. The summed E-state index contributed by atoms with van der Waals surface area (Å²) < 4.78 is 6.03. The quantitative estimate of drug-likeness (QED) is 0.837. The number of carbonyl (C=O) groups excluding carboxylic acids is 1. The largest absolute Gasteiger partial charge is 0.490 e. The predicted molar refractivity (Wildman–Crippen MR) is 92.3 cm³/mol. The van der Waals surface area contributed by atoms with E-state index in [1.807, 2.05) is 6.07 Å². The maximum atomic E-state index is 12.5. The minimum absolute atomic E-state index is 0.0912. The van der Waals surface area contributed by atoms with Gasteiger partial charge in [0.25, 0.3) is 5.91 Å². The summed E-state index contributed by atoms with van der Waals surface area (Å²) in [5.41, 5.74) is 0.550. The number of rotatable bonds is 6. The molecule has 3 rings (SSSR count).